The molecule has 0 rings (SSSR count). The predicted molar refractivity (Wildman–Crippen MR) is 233 cm³/mol. The first-order valence-electron chi connectivity index (χ1n) is 24.3. The Morgan fingerprint density at radius 2 is 0.691 bits per heavy atom. The summed E-state index contributed by atoms with van der Waals surface area (Å²) in [5.74, 6) is 0.824. The van der Waals surface area contributed by atoms with Crippen molar-refractivity contribution in [3.05, 3.63) is 0 Å². The summed E-state index contributed by atoms with van der Waals surface area (Å²) in [6.45, 7) is 11.4. The van der Waals surface area contributed by atoms with Crippen LogP contribution in [0.15, 0.2) is 0 Å². The standard InChI is InChI=1S/C49H94O6/c1-6-8-9-10-11-12-13-20-26-31-36-41-49(52)55-46(43-54-48(51)40-35-30-25-21-16-17-22-27-32-37-44(3)4)42-53-47(50)39-34-29-24-19-15-14-18-23-28-33-38-45(5)7-2/h44-46H,6-43H2,1-5H3/t45?,46-/m1/s1. The Hall–Kier alpha value is -1.59. The number of esters is 3. The van der Waals surface area contributed by atoms with Gasteiger partial charge in [0.1, 0.15) is 13.2 Å². The summed E-state index contributed by atoms with van der Waals surface area (Å²) in [4.78, 5) is 37.8. The number of ether oxygens (including phenoxy) is 3. The van der Waals surface area contributed by atoms with Crippen molar-refractivity contribution in [2.24, 2.45) is 11.8 Å². The molecule has 0 bridgehead atoms. The highest BCUT2D eigenvalue weighted by Gasteiger charge is 2.19. The van der Waals surface area contributed by atoms with Crippen LogP contribution < -0.4 is 0 Å². The van der Waals surface area contributed by atoms with E-state index in [4.69, 9.17) is 14.2 Å². The van der Waals surface area contributed by atoms with E-state index in [1.807, 2.05) is 0 Å². The van der Waals surface area contributed by atoms with Crippen molar-refractivity contribution in [3.8, 4) is 0 Å². The molecule has 0 N–H and O–H groups in total. The number of carbonyl (C=O) groups is 3. The molecule has 0 fully saturated rings. The lowest BCUT2D eigenvalue weighted by atomic mass is 9.99. The first-order valence-corrected chi connectivity index (χ1v) is 24.3. The Kier molecular flexibility index (Phi) is 40.8. The first-order chi connectivity index (χ1) is 26.8. The van der Waals surface area contributed by atoms with Gasteiger partial charge in [-0.05, 0) is 31.1 Å². The molecule has 0 aromatic heterocycles. The van der Waals surface area contributed by atoms with Crippen LogP contribution in [0.2, 0.25) is 0 Å². The second kappa shape index (κ2) is 42.0. The van der Waals surface area contributed by atoms with Crippen LogP contribution in [-0.4, -0.2) is 37.2 Å². The fourth-order valence-corrected chi connectivity index (χ4v) is 7.25. The minimum Gasteiger partial charge on any atom is -0.462 e. The summed E-state index contributed by atoms with van der Waals surface area (Å²) >= 11 is 0. The molecule has 0 saturated carbocycles. The SMILES string of the molecule is CCCCCCCCCCCCCC(=O)O[C@H](COC(=O)CCCCCCCCCCCCC(C)CC)COC(=O)CCCCCCCCCCCC(C)C. The molecule has 0 aliphatic heterocycles. The Labute approximate surface area is 342 Å². The fraction of sp³-hybridized carbons (Fsp3) is 0.939. The molecule has 55 heavy (non-hydrogen) atoms. The van der Waals surface area contributed by atoms with Crippen molar-refractivity contribution < 1.29 is 28.6 Å². The van der Waals surface area contributed by atoms with Crippen LogP contribution in [0, 0.1) is 11.8 Å². The van der Waals surface area contributed by atoms with Crippen molar-refractivity contribution in [2.45, 2.75) is 272 Å². The van der Waals surface area contributed by atoms with Gasteiger partial charge in [0, 0.05) is 19.3 Å². The molecule has 2 atom stereocenters. The number of hydrogen-bond acceptors (Lipinski definition) is 6. The molecule has 0 amide bonds. The molecule has 6 heteroatoms. The topological polar surface area (TPSA) is 78.9 Å². The average Bonchev–Trinajstić information content (AvgIpc) is 3.17. The zero-order valence-electron chi connectivity index (χ0n) is 37.6. The third kappa shape index (κ3) is 41.9. The van der Waals surface area contributed by atoms with Gasteiger partial charge in [0.25, 0.3) is 0 Å². The monoisotopic (exact) mass is 779 g/mol. The van der Waals surface area contributed by atoms with Crippen molar-refractivity contribution in [2.75, 3.05) is 13.2 Å². The molecule has 0 spiro atoms. The Morgan fingerprint density at radius 1 is 0.382 bits per heavy atom. The average molecular weight is 779 g/mol. The van der Waals surface area contributed by atoms with Crippen molar-refractivity contribution in [1.82, 2.24) is 0 Å². The maximum atomic E-state index is 12.7. The quantitative estimate of drug-likeness (QED) is 0.0348. The molecule has 1 unspecified atom stereocenters. The van der Waals surface area contributed by atoms with Gasteiger partial charge in [0.15, 0.2) is 6.10 Å². The first kappa shape index (κ1) is 53.4. The summed E-state index contributed by atoms with van der Waals surface area (Å²) in [5.41, 5.74) is 0. The van der Waals surface area contributed by atoms with Crippen LogP contribution in [0.3, 0.4) is 0 Å². The van der Waals surface area contributed by atoms with Crippen LogP contribution in [-0.2, 0) is 28.6 Å². The molecule has 6 nitrogen and oxygen atoms in total. The normalized spacial score (nSPS) is 12.5. The van der Waals surface area contributed by atoms with E-state index in [1.165, 1.54) is 154 Å². The van der Waals surface area contributed by atoms with Crippen LogP contribution in [0.4, 0.5) is 0 Å². The maximum absolute atomic E-state index is 12.7. The van der Waals surface area contributed by atoms with Crippen molar-refractivity contribution in [3.63, 3.8) is 0 Å². The minimum absolute atomic E-state index is 0.0645. The number of rotatable bonds is 43. The molecular weight excluding hydrogens is 685 g/mol. The zero-order valence-corrected chi connectivity index (χ0v) is 37.6. The highest BCUT2D eigenvalue weighted by atomic mass is 16.6. The van der Waals surface area contributed by atoms with Crippen LogP contribution >= 0.6 is 0 Å². The molecule has 0 radical (unpaired) electrons. The number of unbranched alkanes of at least 4 members (excludes halogenated alkanes) is 27. The molecular formula is C49H94O6. The fourth-order valence-electron chi connectivity index (χ4n) is 7.25. The van der Waals surface area contributed by atoms with Gasteiger partial charge in [-0.2, -0.15) is 0 Å². The van der Waals surface area contributed by atoms with Crippen molar-refractivity contribution >= 4 is 17.9 Å². The lowest BCUT2D eigenvalue weighted by molar-refractivity contribution is -0.167. The molecule has 0 aromatic rings. The van der Waals surface area contributed by atoms with Gasteiger partial charge in [-0.3, -0.25) is 14.4 Å². The van der Waals surface area contributed by atoms with Crippen LogP contribution in [0.5, 0.6) is 0 Å². The predicted octanol–water partition coefficient (Wildman–Crippen LogP) is 15.4. The Bertz CT molecular complexity index is 841. The summed E-state index contributed by atoms with van der Waals surface area (Å²) < 4.78 is 16.8. The summed E-state index contributed by atoms with van der Waals surface area (Å²) in [5, 5.41) is 0. The van der Waals surface area contributed by atoms with Crippen LogP contribution in [0.25, 0.3) is 0 Å². The number of hydrogen-bond donors (Lipinski definition) is 0. The van der Waals surface area contributed by atoms with Gasteiger partial charge in [0.05, 0.1) is 0 Å². The van der Waals surface area contributed by atoms with E-state index in [1.54, 1.807) is 0 Å². The molecule has 326 valence electrons. The third-order valence-corrected chi connectivity index (χ3v) is 11.3. The van der Waals surface area contributed by atoms with E-state index in [9.17, 15) is 14.4 Å². The highest BCUT2D eigenvalue weighted by Crippen LogP contribution is 2.17. The van der Waals surface area contributed by atoms with E-state index in [0.717, 1.165) is 69.6 Å². The summed E-state index contributed by atoms with van der Waals surface area (Å²) in [7, 11) is 0. The van der Waals surface area contributed by atoms with E-state index in [0.29, 0.717) is 19.3 Å². The van der Waals surface area contributed by atoms with E-state index >= 15 is 0 Å². The second-order valence-corrected chi connectivity index (χ2v) is 17.5. The van der Waals surface area contributed by atoms with Gasteiger partial charge in [-0.1, -0.05) is 227 Å². The highest BCUT2D eigenvalue weighted by molar-refractivity contribution is 5.71. The summed E-state index contributed by atoms with van der Waals surface area (Å²) in [6.07, 6.45) is 40.8. The Balaban J connectivity index is 4.33. The molecule has 0 aliphatic rings. The smallest absolute Gasteiger partial charge is 0.306 e. The Morgan fingerprint density at radius 3 is 1.04 bits per heavy atom. The van der Waals surface area contributed by atoms with Gasteiger partial charge >= 0.3 is 17.9 Å². The minimum atomic E-state index is -0.760. The van der Waals surface area contributed by atoms with E-state index in [-0.39, 0.29) is 31.1 Å². The molecule has 0 aliphatic carbocycles. The molecule has 0 heterocycles. The van der Waals surface area contributed by atoms with Gasteiger partial charge in [-0.15, -0.1) is 0 Å². The lowest BCUT2D eigenvalue weighted by Crippen LogP contribution is -2.30. The van der Waals surface area contributed by atoms with Gasteiger partial charge < -0.3 is 14.2 Å². The largest absolute Gasteiger partial charge is 0.462 e. The third-order valence-electron chi connectivity index (χ3n) is 11.3. The zero-order chi connectivity index (χ0) is 40.5. The van der Waals surface area contributed by atoms with E-state index < -0.39 is 6.10 Å². The summed E-state index contributed by atoms with van der Waals surface area (Å²) in [6, 6.07) is 0. The number of carbonyl (C=O) groups excluding carboxylic acids is 3. The maximum Gasteiger partial charge on any atom is 0.306 e. The lowest BCUT2D eigenvalue weighted by Gasteiger charge is -2.18. The molecule has 0 aromatic carbocycles. The van der Waals surface area contributed by atoms with Gasteiger partial charge in [0.2, 0.25) is 0 Å². The van der Waals surface area contributed by atoms with E-state index in [2.05, 4.69) is 34.6 Å². The van der Waals surface area contributed by atoms with Gasteiger partial charge in [-0.25, -0.2) is 0 Å². The second-order valence-electron chi connectivity index (χ2n) is 17.5. The van der Waals surface area contributed by atoms with Crippen LogP contribution in [0.1, 0.15) is 266 Å². The van der Waals surface area contributed by atoms with Crippen molar-refractivity contribution in [1.29, 1.82) is 0 Å². The molecule has 0 saturated heterocycles.